The van der Waals surface area contributed by atoms with Gasteiger partial charge in [-0.2, -0.15) is 0 Å². The molecule has 0 saturated carbocycles. The molecule has 0 amide bonds. The Morgan fingerprint density at radius 1 is 0.706 bits per heavy atom. The van der Waals surface area contributed by atoms with Crippen molar-refractivity contribution in [3.8, 4) is 22.3 Å². The summed E-state index contributed by atoms with van der Waals surface area (Å²) in [4.78, 5) is 0. The number of halogens is 2. The quantitative estimate of drug-likeness (QED) is 0.234. The third kappa shape index (κ3) is 5.69. The second-order valence-corrected chi connectivity index (χ2v) is 8.82. The van der Waals surface area contributed by atoms with Crippen LogP contribution in [-0.4, -0.2) is 0 Å². The van der Waals surface area contributed by atoms with Gasteiger partial charge in [0.25, 0.3) is 0 Å². The zero-order chi connectivity index (χ0) is 23.9. The van der Waals surface area contributed by atoms with Gasteiger partial charge in [-0.3, -0.25) is 0 Å². The molecule has 0 aromatic heterocycles. The van der Waals surface area contributed by atoms with E-state index in [9.17, 15) is 8.78 Å². The van der Waals surface area contributed by atoms with Crippen LogP contribution < -0.4 is 0 Å². The molecule has 0 aliphatic rings. The van der Waals surface area contributed by atoms with E-state index in [-0.39, 0.29) is 5.56 Å². The Hall–Kier alpha value is -3.52. The van der Waals surface area contributed by atoms with E-state index in [0.29, 0.717) is 24.3 Å². The third-order valence-electron chi connectivity index (χ3n) is 6.35. The molecule has 0 fully saturated rings. The van der Waals surface area contributed by atoms with E-state index in [1.807, 2.05) is 49.4 Å². The summed E-state index contributed by atoms with van der Waals surface area (Å²) in [5.74, 6) is -0.505. The SMILES string of the molecule is C/C=C/CCc1c(F)cc(-c2ccc(-c3ccc(CC(C)c4ccccc4)cc3)cc2)cc1F. The Morgan fingerprint density at radius 2 is 1.24 bits per heavy atom. The topological polar surface area (TPSA) is 0 Å². The second-order valence-electron chi connectivity index (χ2n) is 8.82. The van der Waals surface area contributed by atoms with Crippen molar-refractivity contribution in [2.24, 2.45) is 0 Å². The van der Waals surface area contributed by atoms with Crippen LogP contribution in [0.2, 0.25) is 0 Å². The zero-order valence-electron chi connectivity index (χ0n) is 19.8. The highest BCUT2D eigenvalue weighted by atomic mass is 19.1. The average molecular weight is 453 g/mol. The maximum atomic E-state index is 14.5. The number of rotatable bonds is 8. The molecule has 0 saturated heterocycles. The summed E-state index contributed by atoms with van der Waals surface area (Å²) in [7, 11) is 0. The van der Waals surface area contributed by atoms with Crippen LogP contribution in [0, 0.1) is 11.6 Å². The van der Waals surface area contributed by atoms with Gasteiger partial charge in [0.2, 0.25) is 0 Å². The lowest BCUT2D eigenvalue weighted by molar-refractivity contribution is 0.556. The largest absolute Gasteiger partial charge is 0.207 e. The Kier molecular flexibility index (Phi) is 7.69. The van der Waals surface area contributed by atoms with Gasteiger partial charge in [-0.15, -0.1) is 0 Å². The van der Waals surface area contributed by atoms with E-state index in [1.54, 1.807) is 0 Å². The summed E-state index contributed by atoms with van der Waals surface area (Å²) < 4.78 is 29.1. The van der Waals surface area contributed by atoms with Crippen molar-refractivity contribution in [1.82, 2.24) is 0 Å². The first-order valence-electron chi connectivity index (χ1n) is 11.9. The molecule has 0 spiro atoms. The minimum absolute atomic E-state index is 0.153. The van der Waals surface area contributed by atoms with Crippen LogP contribution in [0.1, 0.15) is 42.9 Å². The van der Waals surface area contributed by atoms with Gasteiger partial charge in [0.15, 0.2) is 0 Å². The predicted octanol–water partition coefficient (Wildman–Crippen LogP) is 9.15. The molecule has 0 radical (unpaired) electrons. The molecule has 4 aromatic rings. The van der Waals surface area contributed by atoms with Crippen LogP contribution in [0.4, 0.5) is 8.78 Å². The summed E-state index contributed by atoms with van der Waals surface area (Å²) in [6.45, 7) is 4.16. The van der Waals surface area contributed by atoms with Crippen LogP contribution in [0.3, 0.4) is 0 Å². The summed E-state index contributed by atoms with van der Waals surface area (Å²) >= 11 is 0. The molecule has 1 unspecified atom stereocenters. The molecular formula is C32H30F2. The van der Waals surface area contributed by atoms with Crippen molar-refractivity contribution in [1.29, 1.82) is 0 Å². The minimum Gasteiger partial charge on any atom is -0.207 e. The van der Waals surface area contributed by atoms with E-state index < -0.39 is 11.6 Å². The molecule has 0 N–H and O–H groups in total. The van der Waals surface area contributed by atoms with Gasteiger partial charge in [-0.1, -0.05) is 97.9 Å². The van der Waals surface area contributed by atoms with Crippen LogP contribution in [-0.2, 0) is 12.8 Å². The van der Waals surface area contributed by atoms with Gasteiger partial charge < -0.3 is 0 Å². The summed E-state index contributed by atoms with van der Waals surface area (Å²) in [6.07, 6.45) is 5.79. The second kappa shape index (κ2) is 11.1. The molecule has 2 heteroatoms. The molecular weight excluding hydrogens is 422 g/mol. The summed E-state index contributed by atoms with van der Waals surface area (Å²) in [5, 5.41) is 0. The van der Waals surface area contributed by atoms with Crippen molar-refractivity contribution < 1.29 is 8.78 Å². The van der Waals surface area contributed by atoms with Crippen LogP contribution in [0.5, 0.6) is 0 Å². The molecule has 0 bridgehead atoms. The minimum atomic E-state index is -0.483. The van der Waals surface area contributed by atoms with Gasteiger partial charge in [0.05, 0.1) is 0 Å². The van der Waals surface area contributed by atoms with Crippen molar-refractivity contribution in [2.45, 2.75) is 39.0 Å². The number of hydrogen-bond donors (Lipinski definition) is 0. The fourth-order valence-electron chi connectivity index (χ4n) is 4.34. The lowest BCUT2D eigenvalue weighted by Crippen LogP contribution is -1.98. The van der Waals surface area contributed by atoms with E-state index in [0.717, 1.165) is 23.1 Å². The first-order valence-corrected chi connectivity index (χ1v) is 11.9. The fourth-order valence-corrected chi connectivity index (χ4v) is 4.34. The Morgan fingerprint density at radius 3 is 1.79 bits per heavy atom. The Balaban J connectivity index is 1.46. The lowest BCUT2D eigenvalue weighted by atomic mass is 9.92. The summed E-state index contributed by atoms with van der Waals surface area (Å²) in [6, 6.07) is 29.9. The summed E-state index contributed by atoms with van der Waals surface area (Å²) in [5.41, 5.74) is 6.37. The van der Waals surface area contributed by atoms with Gasteiger partial charge in [0.1, 0.15) is 11.6 Å². The van der Waals surface area contributed by atoms with Crippen molar-refractivity contribution in [2.75, 3.05) is 0 Å². The van der Waals surface area contributed by atoms with E-state index in [2.05, 4.69) is 55.5 Å². The van der Waals surface area contributed by atoms with Crippen LogP contribution in [0.25, 0.3) is 22.3 Å². The lowest BCUT2D eigenvalue weighted by Gasteiger charge is -2.12. The van der Waals surface area contributed by atoms with Gasteiger partial charge in [-0.05, 0) is 77.6 Å². The normalized spacial score (nSPS) is 12.2. The van der Waals surface area contributed by atoms with Crippen LogP contribution >= 0.6 is 0 Å². The van der Waals surface area contributed by atoms with Crippen molar-refractivity contribution >= 4 is 0 Å². The number of benzene rings is 4. The van der Waals surface area contributed by atoms with Gasteiger partial charge in [-0.25, -0.2) is 8.78 Å². The Bertz CT molecular complexity index is 1210. The van der Waals surface area contributed by atoms with Gasteiger partial charge in [0, 0.05) is 5.56 Å². The molecule has 0 aliphatic carbocycles. The standard InChI is InChI=1S/C32H30F2/c1-3-4-6-11-30-31(33)21-29(22-32(30)34)28-18-16-27(17-19-28)26-14-12-24(13-15-26)20-23(2)25-9-7-5-8-10-25/h3-5,7-10,12-19,21-23H,6,11,20H2,1-2H3/b4-3+. The van der Waals surface area contributed by atoms with Crippen molar-refractivity contribution in [3.05, 3.63) is 131 Å². The highest BCUT2D eigenvalue weighted by molar-refractivity contribution is 5.70. The van der Waals surface area contributed by atoms with E-state index in [4.69, 9.17) is 0 Å². The zero-order valence-corrected chi connectivity index (χ0v) is 19.8. The van der Waals surface area contributed by atoms with Crippen LogP contribution in [0.15, 0.2) is 103 Å². The molecule has 0 nitrogen and oxygen atoms in total. The van der Waals surface area contributed by atoms with Gasteiger partial charge >= 0.3 is 0 Å². The highest BCUT2D eigenvalue weighted by Crippen LogP contribution is 2.29. The third-order valence-corrected chi connectivity index (χ3v) is 6.35. The van der Waals surface area contributed by atoms with E-state index >= 15 is 0 Å². The number of allylic oxidation sites excluding steroid dienone is 2. The number of hydrogen-bond acceptors (Lipinski definition) is 0. The smallest absolute Gasteiger partial charge is 0.129 e. The maximum Gasteiger partial charge on any atom is 0.129 e. The molecule has 4 aromatic carbocycles. The fraction of sp³-hybridized carbons (Fsp3) is 0.188. The first-order chi connectivity index (χ1) is 16.5. The first kappa shape index (κ1) is 23.6. The monoisotopic (exact) mass is 452 g/mol. The highest BCUT2D eigenvalue weighted by Gasteiger charge is 2.12. The van der Waals surface area contributed by atoms with Crippen molar-refractivity contribution in [3.63, 3.8) is 0 Å². The maximum absolute atomic E-state index is 14.5. The molecule has 4 rings (SSSR count). The molecule has 172 valence electrons. The molecule has 34 heavy (non-hydrogen) atoms. The average Bonchev–Trinajstić information content (AvgIpc) is 2.87. The molecule has 0 aliphatic heterocycles. The molecule has 0 heterocycles. The predicted molar refractivity (Wildman–Crippen MR) is 139 cm³/mol. The van der Waals surface area contributed by atoms with E-state index in [1.165, 1.54) is 23.3 Å². The Labute approximate surface area is 201 Å². The molecule has 1 atom stereocenters.